The lowest BCUT2D eigenvalue weighted by Gasteiger charge is -2.14. The highest BCUT2D eigenvalue weighted by Crippen LogP contribution is 2.21. The van der Waals surface area contributed by atoms with E-state index in [1.54, 1.807) is 0 Å². The average molecular weight is 220 g/mol. The third-order valence-corrected chi connectivity index (χ3v) is 2.61. The predicted molar refractivity (Wildman–Crippen MR) is 57.0 cm³/mol. The van der Waals surface area contributed by atoms with Crippen LogP contribution in [0.2, 0.25) is 0 Å². The van der Waals surface area contributed by atoms with Crippen LogP contribution in [0.25, 0.3) is 0 Å². The molecule has 5 nitrogen and oxygen atoms in total. The molecule has 1 aromatic carbocycles. The maximum absolute atomic E-state index is 11.1. The van der Waals surface area contributed by atoms with Gasteiger partial charge in [0.05, 0.1) is 6.04 Å². The summed E-state index contributed by atoms with van der Waals surface area (Å²) in [6.07, 6.45) is 0. The molecule has 5 heteroatoms. The third kappa shape index (κ3) is 1.84. The van der Waals surface area contributed by atoms with Crippen molar-refractivity contribution in [1.29, 1.82) is 0 Å². The van der Waals surface area contributed by atoms with Crippen LogP contribution in [0.5, 0.6) is 0 Å². The lowest BCUT2D eigenvalue weighted by atomic mass is 10.00. The number of carbonyl (C=O) groups excluding carboxylic acids is 1. The molecule has 1 aromatic rings. The summed E-state index contributed by atoms with van der Waals surface area (Å²) < 4.78 is 0. The Morgan fingerprint density at radius 2 is 1.88 bits per heavy atom. The molecule has 1 saturated heterocycles. The van der Waals surface area contributed by atoms with Gasteiger partial charge in [0.15, 0.2) is 6.04 Å². The maximum Gasteiger partial charge on any atom is 0.328 e. The summed E-state index contributed by atoms with van der Waals surface area (Å²) >= 11 is 0. The molecule has 0 saturated carbocycles. The number of urea groups is 1. The first kappa shape index (κ1) is 10.5. The fraction of sp³-hybridized carbons (Fsp3) is 0.273. The van der Waals surface area contributed by atoms with Crippen molar-refractivity contribution in [2.45, 2.75) is 19.0 Å². The molecule has 1 fully saturated rings. The van der Waals surface area contributed by atoms with Gasteiger partial charge in [-0.3, -0.25) is 0 Å². The van der Waals surface area contributed by atoms with Gasteiger partial charge < -0.3 is 15.7 Å². The molecule has 0 bridgehead atoms. The second-order valence-corrected chi connectivity index (χ2v) is 3.82. The molecule has 16 heavy (non-hydrogen) atoms. The minimum atomic E-state index is -1.04. The van der Waals surface area contributed by atoms with Gasteiger partial charge in [-0.25, -0.2) is 9.59 Å². The van der Waals surface area contributed by atoms with Crippen molar-refractivity contribution in [3.63, 3.8) is 0 Å². The molecular weight excluding hydrogens is 208 g/mol. The largest absolute Gasteiger partial charge is 0.480 e. The van der Waals surface area contributed by atoms with E-state index in [2.05, 4.69) is 10.6 Å². The maximum atomic E-state index is 11.1. The van der Waals surface area contributed by atoms with Crippen LogP contribution in [0.4, 0.5) is 4.79 Å². The van der Waals surface area contributed by atoms with Crippen LogP contribution in [0.15, 0.2) is 24.3 Å². The summed E-state index contributed by atoms with van der Waals surface area (Å²) in [5.41, 5.74) is 1.88. The van der Waals surface area contributed by atoms with Crippen LogP contribution in [0, 0.1) is 6.92 Å². The first-order chi connectivity index (χ1) is 7.58. The standard InChI is InChI=1S/C11H12N2O3/c1-6-2-4-7(5-3-6)8-9(10(14)15)13-11(16)12-8/h2-5,8-9H,1H3,(H,14,15)(H2,12,13,16). The number of aliphatic carboxylic acids is 1. The van der Waals surface area contributed by atoms with Crippen molar-refractivity contribution in [2.75, 3.05) is 0 Å². The van der Waals surface area contributed by atoms with Crippen molar-refractivity contribution < 1.29 is 14.7 Å². The Kier molecular flexibility index (Phi) is 2.52. The monoisotopic (exact) mass is 220 g/mol. The predicted octanol–water partition coefficient (Wildman–Crippen LogP) is 0.802. The first-order valence-electron chi connectivity index (χ1n) is 4.94. The van der Waals surface area contributed by atoms with Crippen LogP contribution in [-0.2, 0) is 4.79 Å². The van der Waals surface area contributed by atoms with Crippen LogP contribution in [0.1, 0.15) is 17.2 Å². The molecule has 3 N–H and O–H groups in total. The van der Waals surface area contributed by atoms with Crippen LogP contribution in [-0.4, -0.2) is 23.1 Å². The van der Waals surface area contributed by atoms with E-state index in [0.717, 1.165) is 11.1 Å². The van der Waals surface area contributed by atoms with E-state index in [1.807, 2.05) is 31.2 Å². The number of carboxylic acids is 1. The van der Waals surface area contributed by atoms with Crippen molar-refractivity contribution in [1.82, 2.24) is 10.6 Å². The molecule has 84 valence electrons. The molecule has 0 aliphatic carbocycles. The highest BCUT2D eigenvalue weighted by molar-refractivity contribution is 5.87. The summed E-state index contributed by atoms with van der Waals surface area (Å²) in [6, 6.07) is 5.56. The summed E-state index contributed by atoms with van der Waals surface area (Å²) in [5.74, 6) is -1.04. The van der Waals surface area contributed by atoms with E-state index >= 15 is 0 Å². The fourth-order valence-corrected chi connectivity index (χ4v) is 1.74. The molecule has 0 spiro atoms. The van der Waals surface area contributed by atoms with Gasteiger partial charge in [-0.05, 0) is 12.5 Å². The Labute approximate surface area is 92.5 Å². The minimum Gasteiger partial charge on any atom is -0.480 e. The second kappa shape index (κ2) is 3.84. The summed E-state index contributed by atoms with van der Waals surface area (Å²) in [5, 5.41) is 13.9. The van der Waals surface area contributed by atoms with Crippen molar-refractivity contribution in [3.05, 3.63) is 35.4 Å². The van der Waals surface area contributed by atoms with E-state index < -0.39 is 24.1 Å². The summed E-state index contributed by atoms with van der Waals surface area (Å²) in [7, 11) is 0. The summed E-state index contributed by atoms with van der Waals surface area (Å²) in [6.45, 7) is 1.95. The smallest absolute Gasteiger partial charge is 0.328 e. The Morgan fingerprint density at radius 3 is 2.44 bits per heavy atom. The molecule has 0 radical (unpaired) electrons. The van der Waals surface area contributed by atoms with Gasteiger partial charge in [0.1, 0.15) is 0 Å². The highest BCUT2D eigenvalue weighted by atomic mass is 16.4. The molecule has 2 unspecified atom stereocenters. The topological polar surface area (TPSA) is 78.4 Å². The molecule has 2 amide bonds. The zero-order valence-corrected chi connectivity index (χ0v) is 8.73. The van der Waals surface area contributed by atoms with Crippen molar-refractivity contribution in [2.24, 2.45) is 0 Å². The van der Waals surface area contributed by atoms with E-state index in [4.69, 9.17) is 5.11 Å². The number of carbonyl (C=O) groups is 2. The quantitative estimate of drug-likeness (QED) is 0.689. The Morgan fingerprint density at radius 1 is 1.25 bits per heavy atom. The molecule has 2 atom stereocenters. The van der Waals surface area contributed by atoms with E-state index in [1.165, 1.54) is 0 Å². The second-order valence-electron chi connectivity index (χ2n) is 3.82. The zero-order chi connectivity index (χ0) is 11.7. The molecule has 0 aromatic heterocycles. The van der Waals surface area contributed by atoms with Gasteiger partial charge in [-0.15, -0.1) is 0 Å². The van der Waals surface area contributed by atoms with Gasteiger partial charge in [-0.1, -0.05) is 29.8 Å². The lowest BCUT2D eigenvalue weighted by molar-refractivity contribution is -0.139. The minimum absolute atomic E-state index is 0.446. The number of benzene rings is 1. The van der Waals surface area contributed by atoms with E-state index in [-0.39, 0.29) is 0 Å². The Balaban J connectivity index is 2.28. The van der Waals surface area contributed by atoms with Gasteiger partial charge >= 0.3 is 12.0 Å². The third-order valence-electron chi connectivity index (χ3n) is 2.61. The van der Waals surface area contributed by atoms with E-state index in [0.29, 0.717) is 0 Å². The van der Waals surface area contributed by atoms with Gasteiger partial charge in [0.25, 0.3) is 0 Å². The number of carboxylic acid groups (broad SMARTS) is 1. The number of amides is 2. The molecular formula is C11H12N2O3. The van der Waals surface area contributed by atoms with Gasteiger partial charge in [0.2, 0.25) is 0 Å². The van der Waals surface area contributed by atoms with Crippen LogP contribution in [0.3, 0.4) is 0 Å². The number of aryl methyl sites for hydroxylation is 1. The Bertz CT molecular complexity index is 427. The zero-order valence-electron chi connectivity index (χ0n) is 8.73. The van der Waals surface area contributed by atoms with Crippen LogP contribution >= 0.6 is 0 Å². The van der Waals surface area contributed by atoms with Gasteiger partial charge in [-0.2, -0.15) is 0 Å². The number of rotatable bonds is 2. The molecule has 1 aliphatic heterocycles. The summed E-state index contributed by atoms with van der Waals surface area (Å²) in [4.78, 5) is 22.1. The van der Waals surface area contributed by atoms with Crippen LogP contribution < -0.4 is 10.6 Å². The molecule has 1 heterocycles. The lowest BCUT2D eigenvalue weighted by Crippen LogP contribution is -2.35. The highest BCUT2D eigenvalue weighted by Gasteiger charge is 2.37. The molecule has 1 aliphatic rings. The Hall–Kier alpha value is -2.04. The van der Waals surface area contributed by atoms with Gasteiger partial charge in [0, 0.05) is 0 Å². The van der Waals surface area contributed by atoms with Crippen molar-refractivity contribution >= 4 is 12.0 Å². The van der Waals surface area contributed by atoms with E-state index in [9.17, 15) is 9.59 Å². The fourth-order valence-electron chi connectivity index (χ4n) is 1.74. The molecule has 2 rings (SSSR count). The number of nitrogens with one attached hydrogen (secondary N) is 2. The van der Waals surface area contributed by atoms with Crippen molar-refractivity contribution in [3.8, 4) is 0 Å². The average Bonchev–Trinajstić information content (AvgIpc) is 2.61. The number of hydrogen-bond acceptors (Lipinski definition) is 2. The normalized spacial score (nSPS) is 23.7. The first-order valence-corrected chi connectivity index (χ1v) is 4.94. The SMILES string of the molecule is Cc1ccc(C2NC(=O)NC2C(=O)O)cc1. The number of hydrogen-bond donors (Lipinski definition) is 3.